The Balaban J connectivity index is 2.14. The van der Waals surface area contributed by atoms with Crippen molar-refractivity contribution in [2.24, 2.45) is 0 Å². The van der Waals surface area contributed by atoms with Gasteiger partial charge < -0.3 is 10.0 Å². The molecule has 5 nitrogen and oxygen atoms in total. The third-order valence-corrected chi connectivity index (χ3v) is 4.02. The van der Waals surface area contributed by atoms with Crippen molar-refractivity contribution in [1.82, 2.24) is 9.55 Å². The van der Waals surface area contributed by atoms with Gasteiger partial charge in [-0.1, -0.05) is 11.8 Å². The molecule has 2 aliphatic heterocycles. The predicted octanol–water partition coefficient (Wildman–Crippen LogP) is 0.655. The van der Waals surface area contributed by atoms with Gasteiger partial charge in [-0.05, 0) is 12.8 Å². The second-order valence-corrected chi connectivity index (χ2v) is 5.13. The molecule has 3 heterocycles. The van der Waals surface area contributed by atoms with Gasteiger partial charge in [-0.2, -0.15) is 4.98 Å². The first-order chi connectivity index (χ1) is 7.77. The zero-order valence-electron chi connectivity index (χ0n) is 8.85. The molecule has 0 unspecified atom stereocenters. The van der Waals surface area contributed by atoms with Crippen LogP contribution in [0.3, 0.4) is 0 Å². The summed E-state index contributed by atoms with van der Waals surface area (Å²) in [6, 6.07) is 0. The number of nitrogens with zero attached hydrogens (tertiary/aromatic N) is 3. The van der Waals surface area contributed by atoms with Crippen molar-refractivity contribution in [3.63, 3.8) is 0 Å². The lowest BCUT2D eigenvalue weighted by Gasteiger charge is -2.18. The fourth-order valence-electron chi connectivity index (χ4n) is 2.27. The van der Waals surface area contributed by atoms with Gasteiger partial charge in [-0.25, -0.2) is 0 Å². The van der Waals surface area contributed by atoms with Gasteiger partial charge in [0.25, 0.3) is 5.56 Å². The number of thioether (sulfide) groups is 1. The van der Waals surface area contributed by atoms with E-state index in [0.29, 0.717) is 17.4 Å². The second-order valence-electron chi connectivity index (χ2n) is 4.07. The zero-order chi connectivity index (χ0) is 11.1. The van der Waals surface area contributed by atoms with Gasteiger partial charge >= 0.3 is 0 Å². The molecule has 3 rings (SSSR count). The molecule has 2 aliphatic rings. The Morgan fingerprint density at radius 3 is 2.75 bits per heavy atom. The maximum Gasteiger partial charge on any atom is 0.281 e. The van der Waals surface area contributed by atoms with Crippen molar-refractivity contribution in [2.75, 3.05) is 23.7 Å². The van der Waals surface area contributed by atoms with Crippen molar-refractivity contribution >= 4 is 17.4 Å². The van der Waals surface area contributed by atoms with Crippen LogP contribution in [0.25, 0.3) is 0 Å². The molecule has 1 saturated heterocycles. The Labute approximate surface area is 97.1 Å². The largest absolute Gasteiger partial charge is 0.492 e. The summed E-state index contributed by atoms with van der Waals surface area (Å²) in [4.78, 5) is 18.2. The summed E-state index contributed by atoms with van der Waals surface area (Å²) in [6.07, 6.45) is 2.16. The smallest absolute Gasteiger partial charge is 0.281 e. The molecule has 1 aromatic rings. The number of aromatic nitrogens is 2. The maximum atomic E-state index is 12.2. The summed E-state index contributed by atoms with van der Waals surface area (Å²) in [5.74, 6) is 0.762. The molecule has 16 heavy (non-hydrogen) atoms. The third-order valence-electron chi connectivity index (χ3n) is 3.06. The van der Waals surface area contributed by atoms with Crippen LogP contribution in [-0.4, -0.2) is 33.5 Å². The van der Waals surface area contributed by atoms with E-state index >= 15 is 0 Å². The highest BCUT2D eigenvalue weighted by Gasteiger charge is 2.25. The van der Waals surface area contributed by atoms with Crippen molar-refractivity contribution in [2.45, 2.75) is 24.5 Å². The Bertz CT molecular complexity index is 480. The Morgan fingerprint density at radius 2 is 2.00 bits per heavy atom. The monoisotopic (exact) mass is 239 g/mol. The average Bonchev–Trinajstić information content (AvgIpc) is 2.87. The lowest BCUT2D eigenvalue weighted by atomic mass is 10.4. The number of rotatable bonds is 1. The summed E-state index contributed by atoms with van der Waals surface area (Å²) in [5.41, 5.74) is 0.304. The SMILES string of the molecule is O=c1c(N2CCCC2)c(O)nc2n1CCS2. The van der Waals surface area contributed by atoms with Crippen LogP contribution in [-0.2, 0) is 6.54 Å². The van der Waals surface area contributed by atoms with E-state index in [1.54, 1.807) is 4.57 Å². The summed E-state index contributed by atoms with van der Waals surface area (Å²) >= 11 is 1.52. The van der Waals surface area contributed by atoms with Crippen LogP contribution in [0.1, 0.15) is 12.8 Å². The molecule has 0 saturated carbocycles. The van der Waals surface area contributed by atoms with Crippen LogP contribution in [0.15, 0.2) is 9.95 Å². The third kappa shape index (κ3) is 1.40. The Morgan fingerprint density at radius 1 is 1.25 bits per heavy atom. The second kappa shape index (κ2) is 3.69. The van der Waals surface area contributed by atoms with Gasteiger partial charge in [0.15, 0.2) is 10.8 Å². The first-order valence-electron chi connectivity index (χ1n) is 5.49. The van der Waals surface area contributed by atoms with Crippen LogP contribution in [0.5, 0.6) is 5.88 Å². The van der Waals surface area contributed by atoms with Gasteiger partial charge in [0.1, 0.15) is 0 Å². The topological polar surface area (TPSA) is 58.4 Å². The Kier molecular flexibility index (Phi) is 2.31. The lowest BCUT2D eigenvalue weighted by Crippen LogP contribution is -2.30. The molecule has 1 fully saturated rings. The van der Waals surface area contributed by atoms with E-state index in [2.05, 4.69) is 4.98 Å². The van der Waals surface area contributed by atoms with E-state index in [9.17, 15) is 9.90 Å². The molecular weight excluding hydrogens is 226 g/mol. The zero-order valence-corrected chi connectivity index (χ0v) is 9.66. The van der Waals surface area contributed by atoms with Gasteiger partial charge in [-0.3, -0.25) is 9.36 Å². The van der Waals surface area contributed by atoms with Crippen LogP contribution < -0.4 is 10.5 Å². The minimum Gasteiger partial charge on any atom is -0.492 e. The summed E-state index contributed by atoms with van der Waals surface area (Å²) in [7, 11) is 0. The van der Waals surface area contributed by atoms with E-state index in [1.165, 1.54) is 11.8 Å². The fraction of sp³-hybridized carbons (Fsp3) is 0.600. The lowest BCUT2D eigenvalue weighted by molar-refractivity contribution is 0.436. The van der Waals surface area contributed by atoms with Gasteiger partial charge in [0.2, 0.25) is 5.88 Å². The number of anilines is 1. The van der Waals surface area contributed by atoms with Crippen molar-refractivity contribution in [1.29, 1.82) is 0 Å². The van der Waals surface area contributed by atoms with Crippen LogP contribution in [0.2, 0.25) is 0 Å². The van der Waals surface area contributed by atoms with E-state index in [1.807, 2.05) is 4.90 Å². The summed E-state index contributed by atoms with van der Waals surface area (Å²) < 4.78 is 1.66. The molecule has 0 aromatic carbocycles. The number of hydrogen-bond donors (Lipinski definition) is 1. The first kappa shape index (κ1) is 10.0. The summed E-state index contributed by atoms with van der Waals surface area (Å²) in [6.45, 7) is 2.39. The van der Waals surface area contributed by atoms with E-state index < -0.39 is 0 Å². The number of hydrogen-bond acceptors (Lipinski definition) is 5. The van der Waals surface area contributed by atoms with Crippen molar-refractivity contribution in [3.8, 4) is 5.88 Å². The Hall–Kier alpha value is -1.17. The summed E-state index contributed by atoms with van der Waals surface area (Å²) in [5, 5.41) is 10.5. The van der Waals surface area contributed by atoms with Crippen LogP contribution in [0, 0.1) is 0 Å². The van der Waals surface area contributed by atoms with Gasteiger partial charge in [0, 0.05) is 25.4 Å². The molecule has 1 aromatic heterocycles. The van der Waals surface area contributed by atoms with Gasteiger partial charge in [0.05, 0.1) is 0 Å². The highest BCUT2D eigenvalue weighted by atomic mass is 32.2. The average molecular weight is 239 g/mol. The number of fused-ring (bicyclic) bond motifs is 1. The van der Waals surface area contributed by atoms with E-state index in [0.717, 1.165) is 31.7 Å². The molecule has 0 spiro atoms. The molecule has 0 aliphatic carbocycles. The molecule has 86 valence electrons. The molecule has 0 radical (unpaired) electrons. The molecular formula is C10H13N3O2S. The molecule has 0 bridgehead atoms. The van der Waals surface area contributed by atoms with Crippen molar-refractivity contribution < 1.29 is 5.11 Å². The molecule has 1 N–H and O–H groups in total. The quantitative estimate of drug-likeness (QED) is 0.729. The van der Waals surface area contributed by atoms with Crippen LogP contribution in [0.4, 0.5) is 5.69 Å². The first-order valence-corrected chi connectivity index (χ1v) is 6.47. The van der Waals surface area contributed by atoms with Crippen molar-refractivity contribution in [3.05, 3.63) is 10.4 Å². The fourth-order valence-corrected chi connectivity index (χ4v) is 3.20. The molecule has 0 amide bonds. The minimum atomic E-state index is -0.104. The van der Waals surface area contributed by atoms with Crippen LogP contribution >= 0.6 is 11.8 Å². The highest BCUT2D eigenvalue weighted by molar-refractivity contribution is 7.99. The predicted molar refractivity (Wildman–Crippen MR) is 62.3 cm³/mol. The van der Waals surface area contributed by atoms with E-state index in [4.69, 9.17) is 0 Å². The molecule has 6 heteroatoms. The minimum absolute atomic E-state index is 0.0885. The maximum absolute atomic E-state index is 12.2. The standard InChI is InChI=1S/C10H13N3O2S/c14-8-7(12-3-1-2-4-12)9(15)13-5-6-16-10(13)11-8/h14H,1-6H2. The number of aromatic hydroxyl groups is 1. The molecule has 0 atom stereocenters. The van der Waals surface area contributed by atoms with E-state index in [-0.39, 0.29) is 11.4 Å². The normalized spacial score (nSPS) is 19.1. The van der Waals surface area contributed by atoms with Gasteiger partial charge in [-0.15, -0.1) is 0 Å². The highest BCUT2D eigenvalue weighted by Crippen LogP contribution is 2.29.